The van der Waals surface area contributed by atoms with Crippen molar-refractivity contribution in [3.8, 4) is 0 Å². The molecule has 1 aliphatic heterocycles. The molecule has 0 spiro atoms. The molecule has 4 rings (SSSR count). The number of pyridine rings is 2. The Balaban J connectivity index is 1.30. The van der Waals surface area contributed by atoms with E-state index in [1.54, 1.807) is 24.4 Å². The number of hydrogen-bond acceptors (Lipinski definition) is 5. The normalized spacial score (nSPS) is 14.3. The van der Waals surface area contributed by atoms with Crippen LogP contribution in [0.1, 0.15) is 6.42 Å². The van der Waals surface area contributed by atoms with Crippen molar-refractivity contribution in [1.29, 1.82) is 0 Å². The zero-order chi connectivity index (χ0) is 20.2. The third kappa shape index (κ3) is 4.24. The molecule has 29 heavy (non-hydrogen) atoms. The molecule has 1 fully saturated rings. The van der Waals surface area contributed by atoms with Gasteiger partial charge in [0.05, 0.1) is 10.7 Å². The maximum atomic E-state index is 14.6. The molecule has 1 saturated heterocycles. The fourth-order valence-electron chi connectivity index (χ4n) is 3.48. The van der Waals surface area contributed by atoms with Crippen molar-refractivity contribution < 1.29 is 9.18 Å². The molecule has 0 saturated carbocycles. The van der Waals surface area contributed by atoms with Crippen molar-refractivity contribution in [2.45, 2.75) is 6.42 Å². The first-order valence-electron chi connectivity index (χ1n) is 9.54. The van der Waals surface area contributed by atoms with E-state index in [9.17, 15) is 9.18 Å². The van der Waals surface area contributed by atoms with Crippen LogP contribution in [0.4, 0.5) is 15.9 Å². The molecule has 0 unspecified atom stereocenters. The molecular formula is C21H21ClFN5O. The van der Waals surface area contributed by atoms with Crippen LogP contribution in [0.3, 0.4) is 0 Å². The number of amides is 1. The van der Waals surface area contributed by atoms with Crippen LogP contribution < -0.4 is 10.2 Å². The average Bonchev–Trinajstić information content (AvgIpc) is 2.76. The van der Waals surface area contributed by atoms with E-state index in [1.165, 1.54) is 6.20 Å². The summed E-state index contributed by atoms with van der Waals surface area (Å²) in [5.74, 6) is 0.531. The van der Waals surface area contributed by atoms with Crippen molar-refractivity contribution in [1.82, 2.24) is 14.9 Å². The molecule has 6 nitrogen and oxygen atoms in total. The molecule has 0 radical (unpaired) electrons. The summed E-state index contributed by atoms with van der Waals surface area (Å²) < 4.78 is 14.6. The number of anilines is 2. The number of halogens is 2. The van der Waals surface area contributed by atoms with E-state index in [4.69, 9.17) is 11.6 Å². The van der Waals surface area contributed by atoms with Crippen molar-refractivity contribution in [2.75, 3.05) is 42.9 Å². The first-order chi connectivity index (χ1) is 14.1. The van der Waals surface area contributed by atoms with Crippen LogP contribution in [0.2, 0.25) is 5.02 Å². The predicted molar refractivity (Wildman–Crippen MR) is 113 cm³/mol. The van der Waals surface area contributed by atoms with Gasteiger partial charge < -0.3 is 15.1 Å². The van der Waals surface area contributed by atoms with Gasteiger partial charge in [-0.1, -0.05) is 17.7 Å². The lowest BCUT2D eigenvalue weighted by Crippen LogP contribution is -2.49. The summed E-state index contributed by atoms with van der Waals surface area (Å²) in [4.78, 5) is 24.9. The molecule has 150 valence electrons. The summed E-state index contributed by atoms with van der Waals surface area (Å²) in [6.07, 6.45) is 3.55. The fourth-order valence-corrected chi connectivity index (χ4v) is 3.68. The van der Waals surface area contributed by atoms with Crippen LogP contribution in [0.25, 0.3) is 10.9 Å². The number of nitrogens with zero attached hydrogens (tertiary/aromatic N) is 4. The lowest BCUT2D eigenvalue weighted by atomic mass is 10.2. The molecule has 1 N–H and O–H groups in total. The highest BCUT2D eigenvalue weighted by molar-refractivity contribution is 6.35. The molecule has 1 amide bonds. The Morgan fingerprint density at radius 3 is 2.66 bits per heavy atom. The van der Waals surface area contributed by atoms with E-state index < -0.39 is 5.82 Å². The number of nitrogens with one attached hydrogen (secondary N) is 1. The van der Waals surface area contributed by atoms with Crippen LogP contribution in [0.5, 0.6) is 0 Å². The van der Waals surface area contributed by atoms with Gasteiger partial charge in [-0.25, -0.2) is 9.37 Å². The molecule has 1 aliphatic rings. The number of carbonyl (C=O) groups excluding carboxylic acids is 1. The second-order valence-corrected chi connectivity index (χ2v) is 7.26. The van der Waals surface area contributed by atoms with Crippen molar-refractivity contribution in [3.63, 3.8) is 0 Å². The standard InChI is InChI=1S/C21H21ClFN5O/c22-16-6-9-26-21-15(16)4-5-17(20(21)23)24-10-7-19(29)28-13-11-27(12-14-28)18-3-1-2-8-25-18/h1-6,8-9,24H,7,10-14H2. The molecule has 3 aromatic rings. The van der Waals surface area contributed by atoms with Crippen molar-refractivity contribution in [3.05, 3.63) is 59.6 Å². The van der Waals surface area contributed by atoms with Gasteiger partial charge in [0.15, 0.2) is 5.82 Å². The topological polar surface area (TPSA) is 61.4 Å². The second-order valence-electron chi connectivity index (χ2n) is 6.85. The zero-order valence-electron chi connectivity index (χ0n) is 15.8. The summed E-state index contributed by atoms with van der Waals surface area (Å²) in [5, 5.41) is 4.03. The molecule has 8 heteroatoms. The SMILES string of the molecule is O=C(CCNc1ccc2c(Cl)ccnc2c1F)N1CCN(c2ccccn2)CC1. The van der Waals surface area contributed by atoms with Crippen LogP contribution in [0, 0.1) is 5.82 Å². The van der Waals surface area contributed by atoms with E-state index in [0.717, 1.165) is 18.9 Å². The number of rotatable bonds is 5. The minimum atomic E-state index is -0.457. The quantitative estimate of drug-likeness (QED) is 0.692. The van der Waals surface area contributed by atoms with E-state index >= 15 is 0 Å². The number of piperazine rings is 1. The van der Waals surface area contributed by atoms with Gasteiger partial charge >= 0.3 is 0 Å². The van der Waals surface area contributed by atoms with Crippen molar-refractivity contribution >= 4 is 39.9 Å². The van der Waals surface area contributed by atoms with Gasteiger partial charge in [-0.05, 0) is 30.3 Å². The Hall–Kier alpha value is -2.93. The van der Waals surface area contributed by atoms with Gasteiger partial charge in [-0.3, -0.25) is 9.78 Å². The van der Waals surface area contributed by atoms with Gasteiger partial charge in [-0.15, -0.1) is 0 Å². The van der Waals surface area contributed by atoms with Crippen LogP contribution in [-0.4, -0.2) is 53.5 Å². The molecule has 0 atom stereocenters. The first-order valence-corrected chi connectivity index (χ1v) is 9.91. The lowest BCUT2D eigenvalue weighted by molar-refractivity contribution is -0.131. The van der Waals surface area contributed by atoms with Crippen molar-refractivity contribution in [2.24, 2.45) is 0 Å². The van der Waals surface area contributed by atoms with E-state index in [0.29, 0.717) is 42.2 Å². The molecule has 2 aromatic heterocycles. The van der Waals surface area contributed by atoms with E-state index in [2.05, 4.69) is 20.2 Å². The smallest absolute Gasteiger partial charge is 0.224 e. The predicted octanol–water partition coefficient (Wildman–Crippen LogP) is 3.57. The van der Waals surface area contributed by atoms with E-state index in [1.807, 2.05) is 23.1 Å². The Labute approximate surface area is 173 Å². The summed E-state index contributed by atoms with van der Waals surface area (Å²) >= 11 is 6.08. The minimum absolute atomic E-state index is 0.0561. The van der Waals surface area contributed by atoms with E-state index in [-0.39, 0.29) is 11.4 Å². The molecule has 3 heterocycles. The lowest BCUT2D eigenvalue weighted by Gasteiger charge is -2.35. The van der Waals surface area contributed by atoms with Crippen LogP contribution in [0.15, 0.2) is 48.8 Å². The first kappa shape index (κ1) is 19.4. The minimum Gasteiger partial charge on any atom is -0.382 e. The number of aromatic nitrogens is 2. The van der Waals surface area contributed by atoms with Crippen LogP contribution in [-0.2, 0) is 4.79 Å². The summed E-state index contributed by atoms with van der Waals surface area (Å²) in [7, 11) is 0. The summed E-state index contributed by atoms with van der Waals surface area (Å²) in [5.41, 5.74) is 0.541. The Morgan fingerprint density at radius 2 is 1.90 bits per heavy atom. The number of fused-ring (bicyclic) bond motifs is 1. The maximum absolute atomic E-state index is 14.6. The monoisotopic (exact) mass is 413 g/mol. The Bertz CT molecular complexity index is 1010. The molecule has 1 aromatic carbocycles. The fraction of sp³-hybridized carbons (Fsp3) is 0.286. The number of carbonyl (C=O) groups is 1. The Morgan fingerprint density at radius 1 is 1.07 bits per heavy atom. The maximum Gasteiger partial charge on any atom is 0.224 e. The van der Waals surface area contributed by atoms with Gasteiger partial charge in [-0.2, -0.15) is 0 Å². The number of hydrogen-bond donors (Lipinski definition) is 1. The van der Waals surface area contributed by atoms with Gasteiger partial charge in [0, 0.05) is 56.9 Å². The highest BCUT2D eigenvalue weighted by atomic mass is 35.5. The third-order valence-electron chi connectivity index (χ3n) is 5.06. The third-order valence-corrected chi connectivity index (χ3v) is 5.39. The molecule has 0 aliphatic carbocycles. The highest BCUT2D eigenvalue weighted by Crippen LogP contribution is 2.27. The van der Waals surface area contributed by atoms with Gasteiger partial charge in [0.2, 0.25) is 5.91 Å². The summed E-state index contributed by atoms with van der Waals surface area (Å²) in [6, 6.07) is 10.8. The number of benzene rings is 1. The molecular weight excluding hydrogens is 393 g/mol. The highest BCUT2D eigenvalue weighted by Gasteiger charge is 2.21. The second kappa shape index (κ2) is 8.61. The largest absolute Gasteiger partial charge is 0.382 e. The average molecular weight is 414 g/mol. The van der Waals surface area contributed by atoms with Crippen LogP contribution >= 0.6 is 11.6 Å². The summed E-state index contributed by atoms with van der Waals surface area (Å²) in [6.45, 7) is 3.16. The Kier molecular flexibility index (Phi) is 5.76. The zero-order valence-corrected chi connectivity index (χ0v) is 16.6. The van der Waals surface area contributed by atoms with Gasteiger partial charge in [0.1, 0.15) is 11.3 Å². The molecule has 0 bridgehead atoms. The van der Waals surface area contributed by atoms with Gasteiger partial charge in [0.25, 0.3) is 0 Å².